The maximum Gasteiger partial charge on any atom is 0.123 e. The number of benzene rings is 4. The van der Waals surface area contributed by atoms with Crippen molar-refractivity contribution in [3.8, 4) is 5.75 Å². The Bertz CT molecular complexity index is 1120. The molecule has 0 aromatic heterocycles. The maximum absolute atomic E-state index is 6.06. The van der Waals surface area contributed by atoms with Crippen molar-refractivity contribution in [1.29, 1.82) is 0 Å². The van der Waals surface area contributed by atoms with Crippen molar-refractivity contribution in [2.24, 2.45) is 0 Å². The highest BCUT2D eigenvalue weighted by Crippen LogP contribution is 2.37. The molecule has 1 nitrogen and oxygen atoms in total. The predicted molar refractivity (Wildman–Crippen MR) is 123 cm³/mol. The van der Waals surface area contributed by atoms with Crippen LogP contribution in [0.1, 0.15) is 38.9 Å². The van der Waals surface area contributed by atoms with Gasteiger partial charge in [-0.1, -0.05) is 91.0 Å². The van der Waals surface area contributed by atoms with Gasteiger partial charge in [0.05, 0.1) is 6.61 Å². The predicted octanol–water partition coefficient (Wildman–Crippen LogP) is 6.39. The highest BCUT2D eigenvalue weighted by Gasteiger charge is 2.23. The SMILES string of the molecule is c1ccc(Cc2cc3c(c(Cc4ccccc4)c2Cc2ccccc2)CCO3)cc1. The van der Waals surface area contributed by atoms with Crippen molar-refractivity contribution in [3.05, 3.63) is 136 Å². The van der Waals surface area contributed by atoms with Crippen LogP contribution >= 0.6 is 0 Å². The molecule has 0 radical (unpaired) electrons. The zero-order valence-electron chi connectivity index (χ0n) is 17.2. The quantitative estimate of drug-likeness (QED) is 0.370. The minimum absolute atomic E-state index is 0.788. The lowest BCUT2D eigenvalue weighted by atomic mass is 9.85. The second-order valence-corrected chi connectivity index (χ2v) is 8.06. The number of hydrogen-bond donors (Lipinski definition) is 0. The molecular weight excluding hydrogens is 364 g/mol. The molecule has 4 aromatic carbocycles. The molecule has 5 rings (SSSR count). The van der Waals surface area contributed by atoms with Crippen LogP contribution in [0, 0.1) is 0 Å². The first kappa shape index (κ1) is 18.7. The lowest BCUT2D eigenvalue weighted by Gasteiger charge is -2.19. The molecular formula is C29H26O. The van der Waals surface area contributed by atoms with Gasteiger partial charge >= 0.3 is 0 Å². The summed E-state index contributed by atoms with van der Waals surface area (Å²) in [6.07, 6.45) is 3.85. The van der Waals surface area contributed by atoms with Crippen LogP contribution in [0.4, 0.5) is 0 Å². The smallest absolute Gasteiger partial charge is 0.123 e. The van der Waals surface area contributed by atoms with Crippen molar-refractivity contribution in [1.82, 2.24) is 0 Å². The summed E-state index contributed by atoms with van der Waals surface area (Å²) < 4.78 is 6.06. The normalized spacial score (nSPS) is 12.4. The Kier molecular flexibility index (Phi) is 5.35. The summed E-state index contributed by atoms with van der Waals surface area (Å²) in [7, 11) is 0. The van der Waals surface area contributed by atoms with E-state index < -0.39 is 0 Å². The van der Waals surface area contributed by atoms with Gasteiger partial charge in [-0.2, -0.15) is 0 Å². The van der Waals surface area contributed by atoms with Gasteiger partial charge in [0.2, 0.25) is 0 Å². The molecule has 148 valence electrons. The van der Waals surface area contributed by atoms with Gasteiger partial charge in [-0.05, 0) is 58.7 Å². The van der Waals surface area contributed by atoms with Crippen molar-refractivity contribution < 1.29 is 4.74 Å². The lowest BCUT2D eigenvalue weighted by molar-refractivity contribution is 0.356. The third kappa shape index (κ3) is 4.02. The summed E-state index contributed by atoms with van der Waals surface area (Å²) in [4.78, 5) is 0. The van der Waals surface area contributed by atoms with E-state index in [-0.39, 0.29) is 0 Å². The number of ether oxygens (including phenoxy) is 1. The molecule has 0 N–H and O–H groups in total. The highest BCUT2D eigenvalue weighted by molar-refractivity contribution is 5.55. The fourth-order valence-electron chi connectivity index (χ4n) is 4.53. The molecule has 4 aromatic rings. The lowest BCUT2D eigenvalue weighted by Crippen LogP contribution is -2.06. The van der Waals surface area contributed by atoms with Crippen LogP contribution in [0.5, 0.6) is 5.75 Å². The van der Waals surface area contributed by atoms with E-state index >= 15 is 0 Å². The standard InChI is InChI=1S/C29H26O/c1-4-10-22(11-5-1)18-25-21-29-26(16-17-30-29)28(20-24-14-8-3-9-15-24)27(25)19-23-12-6-2-7-13-23/h1-15,21H,16-20H2. The van der Waals surface area contributed by atoms with E-state index in [0.717, 1.165) is 38.0 Å². The van der Waals surface area contributed by atoms with Crippen LogP contribution in [-0.2, 0) is 25.7 Å². The van der Waals surface area contributed by atoms with E-state index in [1.54, 1.807) is 0 Å². The van der Waals surface area contributed by atoms with Gasteiger partial charge in [0, 0.05) is 12.0 Å². The van der Waals surface area contributed by atoms with Crippen LogP contribution in [0.25, 0.3) is 0 Å². The second-order valence-electron chi connectivity index (χ2n) is 8.06. The molecule has 0 saturated heterocycles. The van der Waals surface area contributed by atoms with Crippen molar-refractivity contribution in [2.75, 3.05) is 6.61 Å². The summed E-state index contributed by atoms with van der Waals surface area (Å²) in [5.41, 5.74) is 9.79. The Morgan fingerprint density at radius 1 is 0.567 bits per heavy atom. The second kappa shape index (κ2) is 8.59. The van der Waals surface area contributed by atoms with Crippen LogP contribution < -0.4 is 4.74 Å². The fourth-order valence-corrected chi connectivity index (χ4v) is 4.53. The molecule has 0 fully saturated rings. The molecule has 0 saturated carbocycles. The van der Waals surface area contributed by atoms with E-state index in [1.807, 2.05) is 0 Å². The first-order valence-electron chi connectivity index (χ1n) is 10.8. The van der Waals surface area contributed by atoms with E-state index in [1.165, 1.54) is 38.9 Å². The molecule has 0 unspecified atom stereocenters. The Balaban J connectivity index is 1.64. The van der Waals surface area contributed by atoms with Crippen LogP contribution in [0.15, 0.2) is 97.1 Å². The molecule has 1 heterocycles. The molecule has 0 aliphatic carbocycles. The van der Waals surface area contributed by atoms with E-state index in [9.17, 15) is 0 Å². The van der Waals surface area contributed by atoms with Gasteiger partial charge in [0.25, 0.3) is 0 Å². The van der Waals surface area contributed by atoms with E-state index in [2.05, 4.69) is 97.1 Å². The largest absolute Gasteiger partial charge is 0.493 e. The number of rotatable bonds is 6. The van der Waals surface area contributed by atoms with E-state index in [0.29, 0.717) is 0 Å². The van der Waals surface area contributed by atoms with Crippen molar-refractivity contribution in [3.63, 3.8) is 0 Å². The summed E-state index contributed by atoms with van der Waals surface area (Å²) in [5, 5.41) is 0. The molecule has 0 bridgehead atoms. The first-order valence-corrected chi connectivity index (χ1v) is 10.8. The van der Waals surface area contributed by atoms with Crippen LogP contribution in [-0.4, -0.2) is 6.61 Å². The Hall–Kier alpha value is -3.32. The number of fused-ring (bicyclic) bond motifs is 1. The highest BCUT2D eigenvalue weighted by atomic mass is 16.5. The topological polar surface area (TPSA) is 9.23 Å². The molecule has 0 spiro atoms. The van der Waals surface area contributed by atoms with Gasteiger partial charge < -0.3 is 4.74 Å². The van der Waals surface area contributed by atoms with Gasteiger partial charge in [-0.25, -0.2) is 0 Å². The van der Waals surface area contributed by atoms with E-state index in [4.69, 9.17) is 4.74 Å². The third-order valence-corrected chi connectivity index (χ3v) is 6.01. The van der Waals surface area contributed by atoms with Crippen molar-refractivity contribution >= 4 is 0 Å². The monoisotopic (exact) mass is 390 g/mol. The summed E-state index contributed by atoms with van der Waals surface area (Å²) in [6.45, 7) is 0.788. The zero-order chi connectivity index (χ0) is 20.2. The number of hydrogen-bond acceptors (Lipinski definition) is 1. The fraction of sp³-hybridized carbons (Fsp3) is 0.172. The van der Waals surface area contributed by atoms with Gasteiger partial charge in [-0.3, -0.25) is 0 Å². The molecule has 30 heavy (non-hydrogen) atoms. The Morgan fingerprint density at radius 2 is 1.07 bits per heavy atom. The molecule has 0 atom stereocenters. The van der Waals surface area contributed by atoms with Crippen molar-refractivity contribution in [2.45, 2.75) is 25.7 Å². The zero-order valence-corrected chi connectivity index (χ0v) is 17.2. The maximum atomic E-state index is 6.06. The van der Waals surface area contributed by atoms with Crippen LogP contribution in [0.3, 0.4) is 0 Å². The summed E-state index contributed by atoms with van der Waals surface area (Å²) in [6, 6.07) is 34.8. The molecule has 0 amide bonds. The first-order chi connectivity index (χ1) is 14.9. The summed E-state index contributed by atoms with van der Waals surface area (Å²) >= 11 is 0. The van der Waals surface area contributed by atoms with Gasteiger partial charge in [0.1, 0.15) is 5.75 Å². The molecule has 1 aliphatic rings. The average molecular weight is 391 g/mol. The average Bonchev–Trinajstić information content (AvgIpc) is 3.26. The minimum Gasteiger partial charge on any atom is -0.493 e. The van der Waals surface area contributed by atoms with Gasteiger partial charge in [-0.15, -0.1) is 0 Å². The molecule has 1 aliphatic heterocycles. The minimum atomic E-state index is 0.788. The van der Waals surface area contributed by atoms with Crippen LogP contribution in [0.2, 0.25) is 0 Å². The third-order valence-electron chi connectivity index (χ3n) is 6.01. The Morgan fingerprint density at radius 3 is 1.63 bits per heavy atom. The summed E-state index contributed by atoms with van der Waals surface area (Å²) in [5.74, 6) is 1.09. The Labute approximate surface area is 179 Å². The van der Waals surface area contributed by atoms with Gasteiger partial charge in [0.15, 0.2) is 0 Å². The molecule has 1 heteroatoms.